The molecule has 4 aliphatic carbocycles. The second-order valence-corrected chi connectivity index (χ2v) is 13.1. The maximum atomic E-state index is 13.2. The summed E-state index contributed by atoms with van der Waals surface area (Å²) in [5, 5.41) is 9.11. The van der Waals surface area contributed by atoms with Gasteiger partial charge in [0.15, 0.2) is 0 Å². The number of hydrogen-bond donors (Lipinski definition) is 1. The molecule has 4 saturated carbocycles. The van der Waals surface area contributed by atoms with Crippen molar-refractivity contribution in [1.82, 2.24) is 0 Å². The number of aliphatic hydroxyl groups is 1. The van der Waals surface area contributed by atoms with E-state index in [2.05, 4.69) is 6.92 Å². The summed E-state index contributed by atoms with van der Waals surface area (Å²) in [6.07, 6.45) is 3.34. The molecule has 12 atom stereocenters. The summed E-state index contributed by atoms with van der Waals surface area (Å²) in [6.45, 7) is 9.45. The maximum Gasteiger partial charge on any atom is 0.317 e. The Morgan fingerprint density at radius 1 is 0.889 bits per heavy atom. The van der Waals surface area contributed by atoms with Gasteiger partial charge in [0, 0.05) is 0 Å². The third-order valence-electron chi connectivity index (χ3n) is 10.2. The second kappa shape index (κ2) is 9.10. The number of cyclic esters (lactones) is 2. The van der Waals surface area contributed by atoms with E-state index in [0.717, 1.165) is 19.3 Å². The van der Waals surface area contributed by atoms with Crippen molar-refractivity contribution in [3.8, 4) is 0 Å². The summed E-state index contributed by atoms with van der Waals surface area (Å²) >= 11 is 0. The minimum Gasteiger partial charge on any atom is -0.463 e. The Labute approximate surface area is 212 Å². The number of rotatable bonds is 6. The molecule has 0 spiro atoms. The molecule has 0 aromatic heterocycles. The van der Waals surface area contributed by atoms with Gasteiger partial charge in [-0.15, -0.1) is 0 Å². The lowest BCUT2D eigenvalue weighted by Crippen LogP contribution is -2.47. The fourth-order valence-corrected chi connectivity index (χ4v) is 9.11. The monoisotopic (exact) mass is 504 g/mol. The van der Waals surface area contributed by atoms with Crippen LogP contribution in [-0.4, -0.2) is 47.8 Å². The number of carbonyl (C=O) groups excluding carboxylic acids is 4. The smallest absolute Gasteiger partial charge is 0.317 e. The number of fused-ring (bicyclic) bond motifs is 4. The zero-order chi connectivity index (χ0) is 26.1. The Kier molecular flexibility index (Phi) is 6.49. The lowest BCUT2D eigenvalue weighted by Gasteiger charge is -2.46. The lowest BCUT2D eigenvalue weighted by molar-refractivity contribution is -0.165. The van der Waals surface area contributed by atoms with Crippen LogP contribution in [0.15, 0.2) is 0 Å². The summed E-state index contributed by atoms with van der Waals surface area (Å²) in [4.78, 5) is 51.4. The minimum atomic E-state index is -0.572. The van der Waals surface area contributed by atoms with Crippen molar-refractivity contribution in [2.75, 3.05) is 13.2 Å². The highest BCUT2D eigenvalue weighted by atomic mass is 16.6. The molecular weight excluding hydrogens is 464 g/mol. The van der Waals surface area contributed by atoms with Crippen molar-refractivity contribution in [3.05, 3.63) is 0 Å². The van der Waals surface area contributed by atoms with E-state index in [4.69, 9.17) is 19.3 Å². The van der Waals surface area contributed by atoms with Gasteiger partial charge in [0.2, 0.25) is 0 Å². The quantitative estimate of drug-likeness (QED) is 0.333. The number of esters is 4. The Morgan fingerprint density at radius 2 is 1.50 bits per heavy atom. The van der Waals surface area contributed by atoms with E-state index >= 15 is 0 Å². The van der Waals surface area contributed by atoms with Gasteiger partial charge in [-0.1, -0.05) is 13.8 Å². The van der Waals surface area contributed by atoms with Gasteiger partial charge in [0.25, 0.3) is 0 Å². The van der Waals surface area contributed by atoms with E-state index in [1.165, 1.54) is 0 Å². The average molecular weight is 505 g/mol. The molecule has 0 aromatic carbocycles. The van der Waals surface area contributed by atoms with Crippen LogP contribution < -0.4 is 0 Å². The molecular formula is C28H40O8. The largest absolute Gasteiger partial charge is 0.463 e. The minimum absolute atomic E-state index is 0.0395. The fourth-order valence-electron chi connectivity index (χ4n) is 9.11. The first-order valence-corrected chi connectivity index (χ1v) is 13.7. The molecule has 0 aromatic rings. The van der Waals surface area contributed by atoms with Crippen LogP contribution in [0.2, 0.25) is 0 Å². The standard InChI is InChI=1S/C28H40O8/c1-12-14-8-16(19(9-14)26(32)36-28(3,4)5)20(12)22-15-10-17(18(11-15)25(31)34-7-6-29)23(22)21-13(2)24(30)35-27(21)33/h12-23,29H,6-11H2,1-5H3. The van der Waals surface area contributed by atoms with E-state index < -0.39 is 29.4 Å². The van der Waals surface area contributed by atoms with Crippen molar-refractivity contribution < 1.29 is 38.5 Å². The van der Waals surface area contributed by atoms with Gasteiger partial charge in [-0.25, -0.2) is 0 Å². The van der Waals surface area contributed by atoms with Crippen molar-refractivity contribution in [2.24, 2.45) is 71.0 Å². The van der Waals surface area contributed by atoms with Gasteiger partial charge in [0.1, 0.15) is 12.2 Å². The molecule has 8 nitrogen and oxygen atoms in total. The third kappa shape index (κ3) is 4.07. The van der Waals surface area contributed by atoms with E-state index in [0.29, 0.717) is 18.3 Å². The van der Waals surface area contributed by atoms with E-state index in [1.807, 2.05) is 20.8 Å². The number of ether oxygens (including phenoxy) is 3. The fraction of sp³-hybridized carbons (Fsp3) is 0.857. The molecule has 5 fully saturated rings. The van der Waals surface area contributed by atoms with Gasteiger partial charge >= 0.3 is 23.9 Å². The predicted octanol–water partition coefficient (Wildman–Crippen LogP) is 3.00. The zero-order valence-corrected chi connectivity index (χ0v) is 22.0. The van der Waals surface area contributed by atoms with Gasteiger partial charge in [-0.2, -0.15) is 0 Å². The van der Waals surface area contributed by atoms with Crippen LogP contribution in [0, 0.1) is 71.0 Å². The Hall–Kier alpha value is -1.96. The summed E-state index contributed by atoms with van der Waals surface area (Å²) in [6, 6.07) is 0. The van der Waals surface area contributed by atoms with Crippen LogP contribution >= 0.6 is 0 Å². The molecule has 1 heterocycles. The van der Waals surface area contributed by atoms with Gasteiger partial charge in [-0.3, -0.25) is 19.2 Å². The van der Waals surface area contributed by atoms with Crippen molar-refractivity contribution in [2.45, 2.75) is 65.9 Å². The lowest BCUT2D eigenvalue weighted by atomic mass is 9.57. The summed E-state index contributed by atoms with van der Waals surface area (Å²) < 4.78 is 16.2. The number of carbonyl (C=O) groups is 4. The molecule has 4 bridgehead atoms. The molecule has 8 heteroatoms. The SMILES string of the molecule is CC1C(=O)OC(=O)C1C1C2CC(CC2C(=O)OCCO)C1C1C(C)C2CC(C(=O)OC(C)(C)C)C1C2. The molecule has 1 N–H and O–H groups in total. The molecule has 1 aliphatic heterocycles. The molecule has 36 heavy (non-hydrogen) atoms. The molecule has 1 saturated heterocycles. The third-order valence-corrected chi connectivity index (χ3v) is 10.2. The normalized spacial score (nSPS) is 45.3. The first-order chi connectivity index (χ1) is 16.9. The summed E-state index contributed by atoms with van der Waals surface area (Å²) in [5.74, 6) is -1.57. The number of hydrogen-bond acceptors (Lipinski definition) is 8. The first-order valence-electron chi connectivity index (χ1n) is 13.7. The highest BCUT2D eigenvalue weighted by molar-refractivity contribution is 5.96. The summed E-state index contributed by atoms with van der Waals surface area (Å²) in [5.41, 5.74) is -0.541. The van der Waals surface area contributed by atoms with Crippen LogP contribution in [0.5, 0.6) is 0 Å². The average Bonchev–Trinajstić information content (AvgIpc) is 3.58. The Morgan fingerprint density at radius 3 is 2.08 bits per heavy atom. The molecule has 12 unspecified atom stereocenters. The highest BCUT2D eigenvalue weighted by Gasteiger charge is 2.67. The molecule has 0 radical (unpaired) electrons. The number of aliphatic hydroxyl groups excluding tert-OH is 1. The Bertz CT molecular complexity index is 936. The predicted molar refractivity (Wildman–Crippen MR) is 127 cm³/mol. The maximum absolute atomic E-state index is 13.2. The summed E-state index contributed by atoms with van der Waals surface area (Å²) in [7, 11) is 0. The Balaban J connectivity index is 1.46. The van der Waals surface area contributed by atoms with Crippen molar-refractivity contribution in [1.29, 1.82) is 0 Å². The molecule has 5 rings (SSSR count). The van der Waals surface area contributed by atoms with Crippen molar-refractivity contribution in [3.63, 3.8) is 0 Å². The van der Waals surface area contributed by atoms with E-state index in [1.54, 1.807) is 6.92 Å². The van der Waals surface area contributed by atoms with Crippen LogP contribution in [0.1, 0.15) is 60.3 Å². The zero-order valence-electron chi connectivity index (χ0n) is 22.0. The first kappa shape index (κ1) is 25.7. The van der Waals surface area contributed by atoms with Gasteiger partial charge in [0.05, 0.1) is 30.3 Å². The second-order valence-electron chi connectivity index (χ2n) is 13.1. The molecule has 0 amide bonds. The van der Waals surface area contributed by atoms with Crippen LogP contribution in [0.25, 0.3) is 0 Å². The molecule has 200 valence electrons. The highest BCUT2D eigenvalue weighted by Crippen LogP contribution is 2.68. The van der Waals surface area contributed by atoms with Crippen LogP contribution in [-0.2, 0) is 33.4 Å². The van der Waals surface area contributed by atoms with Crippen LogP contribution in [0.3, 0.4) is 0 Å². The van der Waals surface area contributed by atoms with Gasteiger partial charge in [-0.05, 0) is 93.8 Å². The molecule has 5 aliphatic rings. The topological polar surface area (TPSA) is 116 Å². The van der Waals surface area contributed by atoms with Crippen molar-refractivity contribution >= 4 is 23.9 Å². The van der Waals surface area contributed by atoms with Crippen LogP contribution in [0.4, 0.5) is 0 Å². The van der Waals surface area contributed by atoms with E-state index in [-0.39, 0.29) is 72.5 Å². The van der Waals surface area contributed by atoms with Gasteiger partial charge < -0.3 is 19.3 Å². The van der Waals surface area contributed by atoms with E-state index in [9.17, 15) is 19.2 Å².